The highest BCUT2D eigenvalue weighted by Crippen LogP contribution is 1.97. The molecule has 0 rings (SSSR count). The number of nitrogens with two attached hydrogens (primary N) is 1. The number of nitriles is 1. The molecule has 3 nitrogen and oxygen atoms in total. The Balaban J connectivity index is 3.92. The normalized spacial score (nSPS) is 12.8. The van der Waals surface area contributed by atoms with Crippen molar-refractivity contribution in [2.75, 3.05) is 0 Å². The number of carbonyl (C=O) groups excluding carboxylic acids is 1. The maximum Gasteiger partial charge on any atom is 0.248 e. The van der Waals surface area contributed by atoms with E-state index in [4.69, 9.17) is 11.0 Å². The van der Waals surface area contributed by atoms with Crippen molar-refractivity contribution in [3.05, 3.63) is 0 Å². The summed E-state index contributed by atoms with van der Waals surface area (Å²) in [6.07, 6.45) is 0. The highest BCUT2D eigenvalue weighted by Gasteiger charge is 2.15. The fourth-order valence-electron chi connectivity index (χ4n) is 0.377. The van der Waals surface area contributed by atoms with Crippen molar-refractivity contribution in [1.82, 2.24) is 0 Å². The van der Waals surface area contributed by atoms with Gasteiger partial charge >= 0.3 is 0 Å². The Morgan fingerprint density at radius 1 is 1.67 bits per heavy atom. The monoisotopic (exact) mass is 126 g/mol. The fourth-order valence-corrected chi connectivity index (χ4v) is 0.377. The molecule has 2 N–H and O–H groups in total. The molecule has 0 aromatic rings. The summed E-state index contributed by atoms with van der Waals surface area (Å²) in [6.45, 7) is 3.61. The fraction of sp³-hybridized carbons (Fsp3) is 0.667. The van der Waals surface area contributed by atoms with Gasteiger partial charge in [0.05, 0.1) is 6.04 Å². The van der Waals surface area contributed by atoms with Crippen molar-refractivity contribution >= 4 is 5.78 Å². The molecule has 3 heteroatoms. The summed E-state index contributed by atoms with van der Waals surface area (Å²) < 4.78 is 0. The van der Waals surface area contributed by atoms with E-state index < -0.39 is 11.8 Å². The Morgan fingerprint density at radius 3 is 2.22 bits per heavy atom. The van der Waals surface area contributed by atoms with Crippen molar-refractivity contribution in [2.24, 2.45) is 11.7 Å². The maximum absolute atomic E-state index is 10.5. The molecule has 0 aliphatic heterocycles. The molecule has 1 atom stereocenters. The zero-order chi connectivity index (χ0) is 7.44. The molecule has 0 saturated carbocycles. The molecule has 0 aliphatic carbocycles. The molecule has 0 fully saturated rings. The van der Waals surface area contributed by atoms with Crippen LogP contribution in [0.5, 0.6) is 0 Å². The predicted octanol–water partition coefficient (Wildman–Crippen LogP) is 0.0624. The van der Waals surface area contributed by atoms with Crippen LogP contribution in [0.15, 0.2) is 0 Å². The van der Waals surface area contributed by atoms with E-state index in [1.807, 2.05) is 0 Å². The average Bonchev–Trinajstić information content (AvgIpc) is 1.84. The van der Waals surface area contributed by atoms with Gasteiger partial charge in [0.1, 0.15) is 6.07 Å². The third-order valence-electron chi connectivity index (χ3n) is 1.13. The Bertz CT molecular complexity index is 146. The van der Waals surface area contributed by atoms with Crippen LogP contribution in [-0.4, -0.2) is 11.8 Å². The Kier molecular flexibility index (Phi) is 2.89. The van der Waals surface area contributed by atoms with Crippen molar-refractivity contribution < 1.29 is 4.79 Å². The van der Waals surface area contributed by atoms with E-state index in [0.717, 1.165) is 0 Å². The maximum atomic E-state index is 10.5. The van der Waals surface area contributed by atoms with Gasteiger partial charge in [0.25, 0.3) is 0 Å². The Morgan fingerprint density at radius 2 is 2.11 bits per heavy atom. The van der Waals surface area contributed by atoms with Gasteiger partial charge in [-0.05, 0) is 5.92 Å². The van der Waals surface area contributed by atoms with Crippen LogP contribution >= 0.6 is 0 Å². The van der Waals surface area contributed by atoms with Crippen LogP contribution in [0.25, 0.3) is 0 Å². The lowest BCUT2D eigenvalue weighted by Crippen LogP contribution is -2.34. The number of nitrogens with zero attached hydrogens (tertiary/aromatic N) is 1. The van der Waals surface area contributed by atoms with E-state index in [0.29, 0.717) is 0 Å². The molecule has 0 heterocycles. The van der Waals surface area contributed by atoms with Crippen molar-refractivity contribution in [2.45, 2.75) is 19.9 Å². The lowest BCUT2D eigenvalue weighted by Gasteiger charge is -2.07. The van der Waals surface area contributed by atoms with Gasteiger partial charge in [-0.3, -0.25) is 4.79 Å². The van der Waals surface area contributed by atoms with Crippen LogP contribution in [0, 0.1) is 17.2 Å². The standard InChI is InChI=1S/C6H10N2O/c1-4(2)6(8)5(9)3-7/h4,6H,8H2,1-2H3. The Hall–Kier alpha value is -0.880. The first-order chi connectivity index (χ1) is 4.09. The molecule has 1 unspecified atom stereocenters. The van der Waals surface area contributed by atoms with Gasteiger partial charge in [-0.15, -0.1) is 0 Å². The van der Waals surface area contributed by atoms with Gasteiger partial charge in [-0.2, -0.15) is 5.26 Å². The summed E-state index contributed by atoms with van der Waals surface area (Å²) >= 11 is 0. The topological polar surface area (TPSA) is 66.9 Å². The molecule has 0 bridgehead atoms. The number of hydrogen-bond donors (Lipinski definition) is 1. The number of rotatable bonds is 2. The molecule has 0 radical (unpaired) electrons. The third-order valence-corrected chi connectivity index (χ3v) is 1.13. The van der Waals surface area contributed by atoms with Gasteiger partial charge in [0.15, 0.2) is 0 Å². The van der Waals surface area contributed by atoms with Crippen LogP contribution in [0.4, 0.5) is 0 Å². The highest BCUT2D eigenvalue weighted by atomic mass is 16.1. The van der Waals surface area contributed by atoms with E-state index in [2.05, 4.69) is 0 Å². The Labute approximate surface area is 54.5 Å². The molecule has 50 valence electrons. The number of hydrogen-bond acceptors (Lipinski definition) is 3. The summed E-state index contributed by atoms with van der Waals surface area (Å²) in [4.78, 5) is 10.5. The summed E-state index contributed by atoms with van der Waals surface area (Å²) in [5, 5.41) is 8.07. The van der Waals surface area contributed by atoms with E-state index in [9.17, 15) is 4.79 Å². The van der Waals surface area contributed by atoms with Crippen LogP contribution in [0.2, 0.25) is 0 Å². The second kappa shape index (κ2) is 3.21. The van der Waals surface area contributed by atoms with Gasteiger partial charge in [0, 0.05) is 0 Å². The van der Waals surface area contributed by atoms with Crippen molar-refractivity contribution in [3.63, 3.8) is 0 Å². The largest absolute Gasteiger partial charge is 0.320 e. The second-order valence-corrected chi connectivity index (χ2v) is 2.25. The summed E-state index contributed by atoms with van der Waals surface area (Å²) in [7, 11) is 0. The zero-order valence-electron chi connectivity index (χ0n) is 5.59. The number of carbonyl (C=O) groups is 1. The third kappa shape index (κ3) is 2.24. The van der Waals surface area contributed by atoms with E-state index in [1.54, 1.807) is 13.8 Å². The minimum Gasteiger partial charge on any atom is -0.320 e. The van der Waals surface area contributed by atoms with E-state index in [-0.39, 0.29) is 5.92 Å². The first-order valence-corrected chi connectivity index (χ1v) is 2.79. The lowest BCUT2D eigenvalue weighted by atomic mass is 10.0. The molecule has 0 aromatic carbocycles. The van der Waals surface area contributed by atoms with Crippen LogP contribution in [0.1, 0.15) is 13.8 Å². The van der Waals surface area contributed by atoms with E-state index >= 15 is 0 Å². The number of ketones is 1. The molecular weight excluding hydrogens is 116 g/mol. The van der Waals surface area contributed by atoms with Gasteiger partial charge < -0.3 is 5.73 Å². The zero-order valence-corrected chi connectivity index (χ0v) is 5.59. The highest BCUT2D eigenvalue weighted by molar-refractivity contribution is 5.97. The lowest BCUT2D eigenvalue weighted by molar-refractivity contribution is -0.115. The van der Waals surface area contributed by atoms with Crippen LogP contribution < -0.4 is 5.73 Å². The minimum atomic E-state index is -0.616. The second-order valence-electron chi connectivity index (χ2n) is 2.25. The quantitative estimate of drug-likeness (QED) is 0.532. The van der Waals surface area contributed by atoms with Crippen molar-refractivity contribution in [3.8, 4) is 6.07 Å². The van der Waals surface area contributed by atoms with Crippen molar-refractivity contribution in [1.29, 1.82) is 5.26 Å². The smallest absolute Gasteiger partial charge is 0.248 e. The SMILES string of the molecule is CC(C)C(N)C(=O)C#N. The van der Waals surface area contributed by atoms with Gasteiger partial charge in [-0.25, -0.2) is 0 Å². The molecule has 0 saturated heterocycles. The van der Waals surface area contributed by atoms with Gasteiger partial charge in [0.2, 0.25) is 5.78 Å². The van der Waals surface area contributed by atoms with Crippen LogP contribution in [-0.2, 0) is 4.79 Å². The first-order valence-electron chi connectivity index (χ1n) is 2.79. The summed E-state index contributed by atoms with van der Waals surface area (Å²) in [6, 6.07) is 0.866. The first kappa shape index (κ1) is 8.12. The molecule has 0 aromatic heterocycles. The molecule has 9 heavy (non-hydrogen) atoms. The van der Waals surface area contributed by atoms with Gasteiger partial charge in [-0.1, -0.05) is 13.8 Å². The molecule has 0 spiro atoms. The summed E-state index contributed by atoms with van der Waals surface area (Å²) in [5.41, 5.74) is 5.30. The minimum absolute atomic E-state index is 0.0529. The average molecular weight is 126 g/mol. The van der Waals surface area contributed by atoms with E-state index in [1.165, 1.54) is 6.07 Å². The molecule has 0 amide bonds. The molecular formula is C6H10N2O. The number of Topliss-reactive ketones (excluding diaryl/α,β-unsaturated/α-hetero) is 1. The van der Waals surface area contributed by atoms with Crippen LogP contribution in [0.3, 0.4) is 0 Å². The molecule has 0 aliphatic rings. The summed E-state index contributed by atoms with van der Waals surface area (Å²) in [5.74, 6) is -0.484. The predicted molar refractivity (Wildman–Crippen MR) is 33.4 cm³/mol.